The van der Waals surface area contributed by atoms with Crippen LogP contribution in [0, 0.1) is 0 Å². The summed E-state index contributed by atoms with van der Waals surface area (Å²) in [6.07, 6.45) is 1.68. The van der Waals surface area contributed by atoms with Gasteiger partial charge in [-0.3, -0.25) is 4.79 Å². The van der Waals surface area contributed by atoms with Gasteiger partial charge in [0.1, 0.15) is 12.1 Å². The normalized spacial score (nSPS) is 11.5. The van der Waals surface area contributed by atoms with Crippen molar-refractivity contribution in [2.24, 2.45) is 5.73 Å². The molecule has 19 heavy (non-hydrogen) atoms. The molecule has 2 rings (SSSR count). The number of aromatic nitrogens is 2. The average molecular weight is 259 g/mol. The van der Waals surface area contributed by atoms with Crippen LogP contribution in [0.4, 0.5) is 11.5 Å². The molecular formula is C13H17N5O. The first-order chi connectivity index (χ1) is 8.87. The van der Waals surface area contributed by atoms with Crippen molar-refractivity contribution >= 4 is 28.3 Å². The number of hydrogen-bond donors (Lipinski definition) is 3. The van der Waals surface area contributed by atoms with E-state index >= 15 is 0 Å². The molecule has 1 amide bonds. The van der Waals surface area contributed by atoms with Gasteiger partial charge in [-0.15, -0.1) is 0 Å². The van der Waals surface area contributed by atoms with E-state index in [9.17, 15) is 4.79 Å². The number of rotatable bonds is 4. The Morgan fingerprint density at radius 2 is 2.11 bits per heavy atom. The Balaban J connectivity index is 2.38. The first kappa shape index (κ1) is 13.1. The van der Waals surface area contributed by atoms with Crippen molar-refractivity contribution in [1.82, 2.24) is 9.97 Å². The average Bonchev–Trinajstić information content (AvgIpc) is 2.26. The van der Waals surface area contributed by atoms with Gasteiger partial charge in [-0.25, -0.2) is 9.97 Å². The molecule has 2 aromatic rings. The summed E-state index contributed by atoms with van der Waals surface area (Å²) in [6, 6.07) is 5.43. The molecule has 5 N–H and O–H groups in total. The van der Waals surface area contributed by atoms with Crippen molar-refractivity contribution in [2.75, 3.05) is 11.1 Å². The van der Waals surface area contributed by atoms with E-state index in [1.165, 1.54) is 6.33 Å². The molecule has 0 saturated carbocycles. The number of carbonyl (C=O) groups is 1. The SMILES string of the molecule is CC(C)(CC(N)=O)Nc1ncnc2cc(N)ccc12. The number of nitrogens with one attached hydrogen (secondary N) is 1. The van der Waals surface area contributed by atoms with Crippen LogP contribution in [0.3, 0.4) is 0 Å². The van der Waals surface area contributed by atoms with Gasteiger partial charge in [0.25, 0.3) is 0 Å². The van der Waals surface area contributed by atoms with Crippen LogP contribution in [-0.4, -0.2) is 21.4 Å². The number of nitrogens with zero attached hydrogens (tertiary/aromatic N) is 2. The van der Waals surface area contributed by atoms with E-state index in [1.807, 2.05) is 19.9 Å². The van der Waals surface area contributed by atoms with Crippen LogP contribution in [0.2, 0.25) is 0 Å². The summed E-state index contributed by atoms with van der Waals surface area (Å²) in [5.74, 6) is 0.302. The predicted octanol–water partition coefficient (Wildman–Crippen LogP) is 1.28. The fourth-order valence-corrected chi connectivity index (χ4v) is 1.97. The Labute approximate surface area is 111 Å². The molecule has 0 saturated heterocycles. The summed E-state index contributed by atoms with van der Waals surface area (Å²) in [7, 11) is 0. The molecule has 0 unspecified atom stereocenters. The second-order valence-electron chi connectivity index (χ2n) is 5.15. The van der Waals surface area contributed by atoms with Crippen LogP contribution in [0.15, 0.2) is 24.5 Å². The maximum absolute atomic E-state index is 11.0. The fourth-order valence-electron chi connectivity index (χ4n) is 1.97. The van der Waals surface area contributed by atoms with Crippen LogP contribution in [0.25, 0.3) is 10.9 Å². The van der Waals surface area contributed by atoms with Crippen LogP contribution in [-0.2, 0) is 4.79 Å². The number of benzene rings is 1. The zero-order chi connectivity index (χ0) is 14.0. The highest BCUT2D eigenvalue weighted by Gasteiger charge is 2.21. The molecule has 1 aromatic carbocycles. The van der Waals surface area contributed by atoms with Crippen molar-refractivity contribution in [3.8, 4) is 0 Å². The van der Waals surface area contributed by atoms with E-state index < -0.39 is 5.54 Å². The third-order valence-corrected chi connectivity index (χ3v) is 2.73. The van der Waals surface area contributed by atoms with Crippen LogP contribution in [0.5, 0.6) is 0 Å². The quantitative estimate of drug-likeness (QED) is 0.717. The highest BCUT2D eigenvalue weighted by Crippen LogP contribution is 2.24. The lowest BCUT2D eigenvalue weighted by atomic mass is 10.00. The maximum Gasteiger partial charge on any atom is 0.219 e. The molecule has 1 aromatic heterocycles. The molecule has 6 heteroatoms. The number of fused-ring (bicyclic) bond motifs is 1. The standard InChI is InChI=1S/C13H17N5O/c1-13(2,6-11(15)19)18-12-9-4-3-8(14)5-10(9)16-7-17-12/h3-5,7H,6,14H2,1-2H3,(H2,15,19)(H,16,17,18). The van der Waals surface area contributed by atoms with E-state index in [4.69, 9.17) is 11.5 Å². The number of amides is 1. The topological polar surface area (TPSA) is 107 Å². The van der Waals surface area contributed by atoms with Crippen LogP contribution in [0.1, 0.15) is 20.3 Å². The summed E-state index contributed by atoms with van der Waals surface area (Å²) < 4.78 is 0. The van der Waals surface area contributed by atoms with Crippen molar-refractivity contribution < 1.29 is 4.79 Å². The van der Waals surface area contributed by atoms with E-state index in [0.29, 0.717) is 11.5 Å². The zero-order valence-electron chi connectivity index (χ0n) is 11.0. The van der Waals surface area contributed by atoms with E-state index in [1.54, 1.807) is 12.1 Å². The van der Waals surface area contributed by atoms with Gasteiger partial charge in [-0.1, -0.05) is 0 Å². The molecule has 0 atom stereocenters. The summed E-state index contributed by atoms with van der Waals surface area (Å²) in [5.41, 5.74) is 11.9. The fraction of sp³-hybridized carbons (Fsp3) is 0.308. The molecule has 0 spiro atoms. The number of nitrogens with two attached hydrogens (primary N) is 2. The smallest absolute Gasteiger partial charge is 0.219 e. The summed E-state index contributed by atoms with van der Waals surface area (Å²) in [6.45, 7) is 3.78. The molecule has 0 aliphatic heterocycles. The van der Waals surface area contributed by atoms with E-state index in [-0.39, 0.29) is 12.3 Å². The number of primary amides is 1. The lowest BCUT2D eigenvalue weighted by molar-refractivity contribution is -0.118. The molecule has 1 heterocycles. The van der Waals surface area contributed by atoms with Gasteiger partial charge < -0.3 is 16.8 Å². The summed E-state index contributed by atoms with van der Waals surface area (Å²) >= 11 is 0. The number of carbonyl (C=O) groups excluding carboxylic acids is 1. The summed E-state index contributed by atoms with van der Waals surface area (Å²) in [4.78, 5) is 19.4. The molecule has 6 nitrogen and oxygen atoms in total. The Morgan fingerprint density at radius 1 is 1.37 bits per heavy atom. The van der Waals surface area contributed by atoms with Gasteiger partial charge in [-0.2, -0.15) is 0 Å². The number of nitrogen functional groups attached to an aromatic ring is 1. The zero-order valence-corrected chi connectivity index (χ0v) is 11.0. The third kappa shape index (κ3) is 3.09. The Bertz CT molecular complexity index is 623. The Kier molecular flexibility index (Phi) is 3.25. The van der Waals surface area contributed by atoms with Gasteiger partial charge in [0.15, 0.2) is 0 Å². The van der Waals surface area contributed by atoms with Crippen molar-refractivity contribution in [3.63, 3.8) is 0 Å². The minimum Gasteiger partial charge on any atom is -0.399 e. The maximum atomic E-state index is 11.0. The molecule has 0 radical (unpaired) electrons. The first-order valence-electron chi connectivity index (χ1n) is 5.94. The number of anilines is 2. The Morgan fingerprint density at radius 3 is 2.79 bits per heavy atom. The van der Waals surface area contributed by atoms with Gasteiger partial charge in [0, 0.05) is 23.0 Å². The highest BCUT2D eigenvalue weighted by atomic mass is 16.1. The molecule has 100 valence electrons. The Hall–Kier alpha value is -2.37. The monoisotopic (exact) mass is 259 g/mol. The molecule has 0 aliphatic carbocycles. The molecule has 0 bridgehead atoms. The first-order valence-corrected chi connectivity index (χ1v) is 5.94. The highest BCUT2D eigenvalue weighted by molar-refractivity contribution is 5.91. The van der Waals surface area contributed by atoms with Gasteiger partial charge >= 0.3 is 0 Å². The second-order valence-corrected chi connectivity index (χ2v) is 5.15. The lowest BCUT2D eigenvalue weighted by Crippen LogP contribution is -2.36. The molecule has 0 aliphatic rings. The number of hydrogen-bond acceptors (Lipinski definition) is 5. The second kappa shape index (κ2) is 4.72. The van der Waals surface area contributed by atoms with E-state index in [2.05, 4.69) is 15.3 Å². The predicted molar refractivity (Wildman–Crippen MR) is 75.5 cm³/mol. The third-order valence-electron chi connectivity index (χ3n) is 2.73. The van der Waals surface area contributed by atoms with Gasteiger partial charge in [-0.05, 0) is 32.0 Å². The van der Waals surface area contributed by atoms with Gasteiger partial charge in [0.2, 0.25) is 5.91 Å². The van der Waals surface area contributed by atoms with Crippen molar-refractivity contribution in [3.05, 3.63) is 24.5 Å². The summed E-state index contributed by atoms with van der Waals surface area (Å²) in [5, 5.41) is 4.08. The van der Waals surface area contributed by atoms with E-state index in [0.717, 1.165) is 10.9 Å². The van der Waals surface area contributed by atoms with Crippen LogP contribution < -0.4 is 16.8 Å². The van der Waals surface area contributed by atoms with Crippen LogP contribution >= 0.6 is 0 Å². The minimum absolute atomic E-state index is 0.216. The van der Waals surface area contributed by atoms with Crippen molar-refractivity contribution in [2.45, 2.75) is 25.8 Å². The van der Waals surface area contributed by atoms with Gasteiger partial charge in [0.05, 0.1) is 5.52 Å². The van der Waals surface area contributed by atoms with Crippen molar-refractivity contribution in [1.29, 1.82) is 0 Å². The molecule has 0 fully saturated rings. The lowest BCUT2D eigenvalue weighted by Gasteiger charge is -2.26. The molecular weight excluding hydrogens is 242 g/mol. The largest absolute Gasteiger partial charge is 0.399 e. The minimum atomic E-state index is -0.478.